The Labute approximate surface area is 58.4 Å². The van der Waals surface area contributed by atoms with Crippen molar-refractivity contribution in [3.63, 3.8) is 0 Å². The molecule has 4 heteroatoms. The molecular formula is C6H10O4. The molecule has 1 aliphatic heterocycles. The monoisotopic (exact) mass is 146 g/mol. The molecule has 3 unspecified atom stereocenters. The molecule has 0 amide bonds. The number of aliphatic hydroxyl groups is 3. The maximum absolute atomic E-state index is 8.98. The summed E-state index contributed by atoms with van der Waals surface area (Å²) in [6.45, 7) is 3.33. The highest BCUT2D eigenvalue weighted by Gasteiger charge is 2.32. The molecule has 1 heterocycles. The van der Waals surface area contributed by atoms with Crippen LogP contribution in [0.3, 0.4) is 0 Å². The summed E-state index contributed by atoms with van der Waals surface area (Å²) in [6.07, 6.45) is -3.34. The smallest absolute Gasteiger partial charge is 0.139 e. The van der Waals surface area contributed by atoms with Gasteiger partial charge in [0.15, 0.2) is 0 Å². The van der Waals surface area contributed by atoms with E-state index in [4.69, 9.17) is 20.1 Å². The van der Waals surface area contributed by atoms with Crippen molar-refractivity contribution in [1.82, 2.24) is 0 Å². The van der Waals surface area contributed by atoms with E-state index in [1.807, 2.05) is 0 Å². The molecule has 3 atom stereocenters. The number of hydrogen-bond donors (Lipinski definition) is 3. The van der Waals surface area contributed by atoms with Crippen LogP contribution < -0.4 is 0 Å². The largest absolute Gasteiger partial charge is 0.493 e. The summed E-state index contributed by atoms with van der Waals surface area (Å²) in [5.74, 6) is 0.109. The number of hydrogen-bond acceptors (Lipinski definition) is 4. The molecular weight excluding hydrogens is 136 g/mol. The van der Waals surface area contributed by atoms with Gasteiger partial charge < -0.3 is 20.1 Å². The standard InChI is InChI=1S/C6H10O4/c1-3-5(8)6(9)4(7)2-10-3/h4-9H,1-2H2. The fourth-order valence-corrected chi connectivity index (χ4v) is 0.777. The molecule has 58 valence electrons. The van der Waals surface area contributed by atoms with E-state index in [1.54, 1.807) is 0 Å². The summed E-state index contributed by atoms with van der Waals surface area (Å²) in [7, 11) is 0. The fourth-order valence-electron chi connectivity index (χ4n) is 0.777. The highest BCUT2D eigenvalue weighted by molar-refractivity contribution is 5.01. The van der Waals surface area contributed by atoms with E-state index in [0.717, 1.165) is 0 Å². The predicted molar refractivity (Wildman–Crippen MR) is 33.1 cm³/mol. The summed E-state index contributed by atoms with van der Waals surface area (Å²) in [6, 6.07) is 0. The molecule has 0 aromatic carbocycles. The number of ether oxygens (including phenoxy) is 1. The normalized spacial score (nSPS) is 41.1. The van der Waals surface area contributed by atoms with Crippen LogP contribution in [0.1, 0.15) is 0 Å². The van der Waals surface area contributed by atoms with E-state index in [1.165, 1.54) is 0 Å². The van der Waals surface area contributed by atoms with E-state index in [-0.39, 0.29) is 12.4 Å². The molecule has 0 radical (unpaired) electrons. The minimum Gasteiger partial charge on any atom is -0.493 e. The van der Waals surface area contributed by atoms with Crippen molar-refractivity contribution in [2.75, 3.05) is 6.61 Å². The highest BCUT2D eigenvalue weighted by atomic mass is 16.5. The van der Waals surface area contributed by atoms with Crippen LogP contribution in [0.15, 0.2) is 12.3 Å². The molecule has 1 aliphatic rings. The topological polar surface area (TPSA) is 69.9 Å². The Kier molecular flexibility index (Phi) is 1.94. The van der Waals surface area contributed by atoms with Crippen molar-refractivity contribution in [1.29, 1.82) is 0 Å². The van der Waals surface area contributed by atoms with Crippen molar-refractivity contribution in [2.45, 2.75) is 18.3 Å². The summed E-state index contributed by atoms with van der Waals surface area (Å²) in [5, 5.41) is 26.8. The molecule has 0 spiro atoms. The summed E-state index contributed by atoms with van der Waals surface area (Å²) in [5.41, 5.74) is 0. The molecule has 10 heavy (non-hydrogen) atoms. The third-order valence-corrected chi connectivity index (χ3v) is 1.49. The van der Waals surface area contributed by atoms with Gasteiger partial charge in [0.25, 0.3) is 0 Å². The zero-order chi connectivity index (χ0) is 7.72. The first-order valence-electron chi connectivity index (χ1n) is 2.98. The van der Waals surface area contributed by atoms with Crippen LogP contribution in [0.2, 0.25) is 0 Å². The lowest BCUT2D eigenvalue weighted by Crippen LogP contribution is -2.45. The van der Waals surface area contributed by atoms with E-state index in [0.29, 0.717) is 0 Å². The summed E-state index contributed by atoms with van der Waals surface area (Å²) in [4.78, 5) is 0. The van der Waals surface area contributed by atoms with Gasteiger partial charge in [-0.3, -0.25) is 0 Å². The Morgan fingerprint density at radius 2 is 2.00 bits per heavy atom. The van der Waals surface area contributed by atoms with Gasteiger partial charge in [-0.1, -0.05) is 6.58 Å². The first kappa shape index (κ1) is 7.53. The van der Waals surface area contributed by atoms with Crippen LogP contribution in [0.4, 0.5) is 0 Å². The zero-order valence-corrected chi connectivity index (χ0v) is 5.40. The molecule has 0 aromatic rings. The minimum absolute atomic E-state index is 0.00292. The minimum atomic E-state index is -1.17. The molecule has 0 saturated carbocycles. The molecule has 0 aliphatic carbocycles. The first-order valence-corrected chi connectivity index (χ1v) is 2.98. The van der Waals surface area contributed by atoms with Crippen LogP contribution in [-0.4, -0.2) is 40.2 Å². The lowest BCUT2D eigenvalue weighted by molar-refractivity contribution is -0.118. The van der Waals surface area contributed by atoms with Crippen molar-refractivity contribution in [2.24, 2.45) is 0 Å². The van der Waals surface area contributed by atoms with E-state index in [2.05, 4.69) is 6.58 Å². The van der Waals surface area contributed by atoms with Gasteiger partial charge in [-0.2, -0.15) is 0 Å². The van der Waals surface area contributed by atoms with Gasteiger partial charge in [-0.15, -0.1) is 0 Å². The van der Waals surface area contributed by atoms with Crippen molar-refractivity contribution in [3.8, 4) is 0 Å². The molecule has 0 aromatic heterocycles. The third kappa shape index (κ3) is 1.13. The van der Waals surface area contributed by atoms with E-state index in [9.17, 15) is 0 Å². The maximum Gasteiger partial charge on any atom is 0.139 e. The Morgan fingerprint density at radius 3 is 2.50 bits per heavy atom. The molecule has 1 rings (SSSR count). The SMILES string of the molecule is C=C1OCC(O)C(O)C1O. The van der Waals surface area contributed by atoms with E-state index < -0.39 is 18.3 Å². The average molecular weight is 146 g/mol. The molecule has 3 N–H and O–H groups in total. The van der Waals surface area contributed by atoms with Crippen LogP contribution in [0.5, 0.6) is 0 Å². The maximum atomic E-state index is 8.98. The second-order valence-electron chi connectivity index (χ2n) is 2.28. The highest BCUT2D eigenvalue weighted by Crippen LogP contribution is 2.16. The number of aliphatic hydroxyl groups excluding tert-OH is 3. The van der Waals surface area contributed by atoms with Gasteiger partial charge in [0.2, 0.25) is 0 Å². The average Bonchev–Trinajstić information content (AvgIpc) is 1.93. The third-order valence-electron chi connectivity index (χ3n) is 1.49. The molecule has 0 bridgehead atoms. The molecule has 1 saturated heterocycles. The second-order valence-corrected chi connectivity index (χ2v) is 2.28. The van der Waals surface area contributed by atoms with Crippen molar-refractivity contribution >= 4 is 0 Å². The first-order chi connectivity index (χ1) is 4.63. The van der Waals surface area contributed by atoms with Gasteiger partial charge in [0.05, 0.1) is 0 Å². The summed E-state index contributed by atoms with van der Waals surface area (Å²) >= 11 is 0. The van der Waals surface area contributed by atoms with Crippen LogP contribution in [-0.2, 0) is 4.74 Å². The van der Waals surface area contributed by atoms with Crippen LogP contribution >= 0.6 is 0 Å². The Hall–Kier alpha value is -0.580. The van der Waals surface area contributed by atoms with Crippen molar-refractivity contribution < 1.29 is 20.1 Å². The van der Waals surface area contributed by atoms with Gasteiger partial charge in [0.1, 0.15) is 30.7 Å². The Bertz CT molecular complexity index is 145. The zero-order valence-electron chi connectivity index (χ0n) is 5.40. The summed E-state index contributed by atoms with van der Waals surface area (Å²) < 4.78 is 4.72. The molecule has 4 nitrogen and oxygen atoms in total. The van der Waals surface area contributed by atoms with Gasteiger partial charge in [0, 0.05) is 0 Å². The second kappa shape index (κ2) is 2.57. The Balaban J connectivity index is 2.60. The number of rotatable bonds is 0. The van der Waals surface area contributed by atoms with E-state index >= 15 is 0 Å². The fraction of sp³-hybridized carbons (Fsp3) is 0.667. The lowest BCUT2D eigenvalue weighted by Gasteiger charge is -2.29. The van der Waals surface area contributed by atoms with Gasteiger partial charge >= 0.3 is 0 Å². The van der Waals surface area contributed by atoms with Gasteiger partial charge in [-0.05, 0) is 0 Å². The van der Waals surface area contributed by atoms with Crippen LogP contribution in [0.25, 0.3) is 0 Å². The van der Waals surface area contributed by atoms with Crippen molar-refractivity contribution in [3.05, 3.63) is 12.3 Å². The van der Waals surface area contributed by atoms with Gasteiger partial charge in [-0.25, -0.2) is 0 Å². The lowest BCUT2D eigenvalue weighted by atomic mass is 10.1. The quantitative estimate of drug-likeness (QED) is 0.393. The predicted octanol–water partition coefficient (Wildman–Crippen LogP) is -1.39. The van der Waals surface area contributed by atoms with Crippen LogP contribution in [0, 0.1) is 0 Å². The molecule has 1 fully saturated rings. The Morgan fingerprint density at radius 1 is 1.40 bits per heavy atom.